The summed E-state index contributed by atoms with van der Waals surface area (Å²) in [4.78, 5) is 17.2. The Kier molecular flexibility index (Phi) is 6.98. The second kappa shape index (κ2) is 8.99. The molecule has 1 aliphatic rings. The molecule has 26 heavy (non-hydrogen) atoms. The highest BCUT2D eigenvalue weighted by molar-refractivity contribution is 5.97. The number of carbonyl (C=O) groups excluding carboxylic acids is 1. The van der Waals surface area contributed by atoms with Gasteiger partial charge in [-0.05, 0) is 43.2 Å². The summed E-state index contributed by atoms with van der Waals surface area (Å²) in [6, 6.07) is 6.35. The monoisotopic (exact) mass is 358 g/mol. The highest BCUT2D eigenvalue weighted by Gasteiger charge is 2.24. The van der Waals surface area contributed by atoms with E-state index in [-0.39, 0.29) is 0 Å². The van der Waals surface area contributed by atoms with Gasteiger partial charge in [-0.3, -0.25) is 9.79 Å². The molecule has 0 atom stereocenters. The summed E-state index contributed by atoms with van der Waals surface area (Å²) in [5, 5.41) is 10.5. The van der Waals surface area contributed by atoms with E-state index in [1.165, 1.54) is 11.1 Å². The SMILES string of the molecule is CCC(O)(CC)CCc1ccc2c(c1)CCN(C=O)/C2=C\C(=NC)OC. The van der Waals surface area contributed by atoms with Gasteiger partial charge in [-0.1, -0.05) is 32.0 Å². The molecule has 0 saturated carbocycles. The van der Waals surface area contributed by atoms with Crippen LogP contribution in [0.5, 0.6) is 0 Å². The second-order valence-corrected chi connectivity index (χ2v) is 6.77. The number of rotatable bonds is 7. The first-order valence-corrected chi connectivity index (χ1v) is 9.29. The van der Waals surface area contributed by atoms with Gasteiger partial charge >= 0.3 is 0 Å². The average Bonchev–Trinajstić information content (AvgIpc) is 2.69. The van der Waals surface area contributed by atoms with Crippen molar-refractivity contribution in [2.45, 2.75) is 51.6 Å². The lowest BCUT2D eigenvalue weighted by molar-refractivity contribution is -0.115. The van der Waals surface area contributed by atoms with Gasteiger partial charge in [0.2, 0.25) is 12.3 Å². The lowest BCUT2D eigenvalue weighted by atomic mass is 9.88. The number of nitrogens with zero attached hydrogens (tertiary/aromatic N) is 2. The Morgan fingerprint density at radius 2 is 2.12 bits per heavy atom. The number of methoxy groups -OCH3 is 1. The first kappa shape index (κ1) is 20.2. The maximum Gasteiger partial charge on any atom is 0.214 e. The topological polar surface area (TPSA) is 62.1 Å². The third kappa shape index (κ3) is 4.52. The van der Waals surface area contributed by atoms with Crippen LogP contribution < -0.4 is 0 Å². The van der Waals surface area contributed by atoms with Crippen LogP contribution in [0, 0.1) is 0 Å². The van der Waals surface area contributed by atoms with Gasteiger partial charge in [-0.25, -0.2) is 0 Å². The second-order valence-electron chi connectivity index (χ2n) is 6.77. The van der Waals surface area contributed by atoms with Gasteiger partial charge in [-0.2, -0.15) is 0 Å². The molecule has 0 aromatic heterocycles. The maximum atomic E-state index is 11.5. The molecule has 1 amide bonds. The van der Waals surface area contributed by atoms with Crippen LogP contribution in [0.25, 0.3) is 5.70 Å². The van der Waals surface area contributed by atoms with Crippen molar-refractivity contribution in [3.63, 3.8) is 0 Å². The molecule has 1 N–H and O–H groups in total. The van der Waals surface area contributed by atoms with Crippen molar-refractivity contribution in [2.75, 3.05) is 20.7 Å². The van der Waals surface area contributed by atoms with Crippen molar-refractivity contribution in [3.05, 3.63) is 41.0 Å². The minimum atomic E-state index is -0.583. The average molecular weight is 358 g/mol. The van der Waals surface area contributed by atoms with E-state index in [0.717, 1.165) is 49.8 Å². The molecule has 1 aliphatic heterocycles. The first-order valence-electron chi connectivity index (χ1n) is 9.29. The Balaban J connectivity index is 2.30. The van der Waals surface area contributed by atoms with Crippen molar-refractivity contribution in [2.24, 2.45) is 4.99 Å². The number of aliphatic hydroxyl groups is 1. The quantitative estimate of drug-likeness (QED) is 0.462. The Labute approximate surface area is 156 Å². The van der Waals surface area contributed by atoms with Crippen LogP contribution in [-0.2, 0) is 22.4 Å². The van der Waals surface area contributed by atoms with E-state index in [9.17, 15) is 9.90 Å². The van der Waals surface area contributed by atoms with E-state index in [4.69, 9.17) is 4.74 Å². The summed E-state index contributed by atoms with van der Waals surface area (Å²) in [5.41, 5.74) is 3.70. The largest absolute Gasteiger partial charge is 0.481 e. The maximum absolute atomic E-state index is 11.5. The van der Waals surface area contributed by atoms with Crippen LogP contribution in [0.4, 0.5) is 0 Å². The van der Waals surface area contributed by atoms with Crippen LogP contribution in [0.1, 0.15) is 49.8 Å². The number of carbonyl (C=O) groups is 1. The molecule has 2 rings (SSSR count). The number of hydrogen-bond donors (Lipinski definition) is 1. The predicted molar refractivity (Wildman–Crippen MR) is 105 cm³/mol. The van der Waals surface area contributed by atoms with Gasteiger partial charge in [0.05, 0.1) is 18.4 Å². The fourth-order valence-electron chi connectivity index (χ4n) is 3.36. The van der Waals surface area contributed by atoms with Gasteiger partial charge in [0.15, 0.2) is 0 Å². The van der Waals surface area contributed by atoms with Crippen molar-refractivity contribution < 1.29 is 14.6 Å². The van der Waals surface area contributed by atoms with Crippen LogP contribution in [0.15, 0.2) is 29.3 Å². The Bertz CT molecular complexity index is 690. The van der Waals surface area contributed by atoms with Gasteiger partial charge in [0.25, 0.3) is 0 Å². The van der Waals surface area contributed by atoms with Crippen LogP contribution >= 0.6 is 0 Å². The summed E-state index contributed by atoms with van der Waals surface area (Å²) in [5.74, 6) is 0.486. The van der Waals surface area contributed by atoms with E-state index >= 15 is 0 Å². The van der Waals surface area contributed by atoms with Crippen LogP contribution in [0.2, 0.25) is 0 Å². The number of aliphatic imine (C=N–C) groups is 1. The van der Waals surface area contributed by atoms with Gasteiger partial charge < -0.3 is 14.7 Å². The van der Waals surface area contributed by atoms with E-state index in [1.807, 2.05) is 13.8 Å². The lowest BCUT2D eigenvalue weighted by Gasteiger charge is -2.29. The number of aryl methyl sites for hydroxylation is 1. The number of hydrogen-bond acceptors (Lipinski definition) is 4. The predicted octanol–water partition coefficient (Wildman–Crippen LogP) is 3.20. The summed E-state index contributed by atoms with van der Waals surface area (Å²) in [7, 11) is 3.23. The number of ether oxygens (including phenoxy) is 1. The minimum Gasteiger partial charge on any atom is -0.481 e. The fraction of sp³-hybridized carbons (Fsp3) is 0.524. The van der Waals surface area contributed by atoms with Gasteiger partial charge in [0, 0.05) is 25.2 Å². The van der Waals surface area contributed by atoms with Crippen molar-refractivity contribution in [3.8, 4) is 0 Å². The zero-order valence-corrected chi connectivity index (χ0v) is 16.3. The molecule has 0 spiro atoms. The smallest absolute Gasteiger partial charge is 0.214 e. The van der Waals surface area contributed by atoms with Gasteiger partial charge in [0.1, 0.15) is 0 Å². The molecule has 0 fully saturated rings. The van der Waals surface area contributed by atoms with Crippen LogP contribution in [-0.4, -0.2) is 48.6 Å². The highest BCUT2D eigenvalue weighted by atomic mass is 16.5. The normalized spacial score (nSPS) is 16.6. The molecule has 142 valence electrons. The minimum absolute atomic E-state index is 0.486. The summed E-state index contributed by atoms with van der Waals surface area (Å²) < 4.78 is 5.24. The van der Waals surface area contributed by atoms with E-state index in [0.29, 0.717) is 12.4 Å². The summed E-state index contributed by atoms with van der Waals surface area (Å²) >= 11 is 0. The van der Waals surface area contributed by atoms with E-state index in [1.54, 1.807) is 25.1 Å². The Morgan fingerprint density at radius 3 is 2.69 bits per heavy atom. The van der Waals surface area contributed by atoms with E-state index < -0.39 is 5.60 Å². The zero-order valence-electron chi connectivity index (χ0n) is 16.3. The molecular formula is C21H30N2O3. The van der Waals surface area contributed by atoms with Crippen molar-refractivity contribution >= 4 is 18.0 Å². The highest BCUT2D eigenvalue weighted by Crippen LogP contribution is 2.30. The zero-order chi connectivity index (χ0) is 19.2. The van der Waals surface area contributed by atoms with Crippen molar-refractivity contribution in [1.29, 1.82) is 0 Å². The fourth-order valence-corrected chi connectivity index (χ4v) is 3.36. The van der Waals surface area contributed by atoms with Crippen LogP contribution in [0.3, 0.4) is 0 Å². The third-order valence-electron chi connectivity index (χ3n) is 5.39. The molecule has 1 aromatic rings. The number of fused-ring (bicyclic) bond motifs is 1. The summed E-state index contributed by atoms with van der Waals surface area (Å²) in [6.45, 7) is 4.70. The van der Waals surface area contributed by atoms with Gasteiger partial charge in [-0.15, -0.1) is 0 Å². The summed E-state index contributed by atoms with van der Waals surface area (Å²) in [6.07, 6.45) is 6.63. The molecule has 0 aliphatic carbocycles. The third-order valence-corrected chi connectivity index (χ3v) is 5.39. The Hall–Kier alpha value is -2.14. The number of amides is 1. The first-order chi connectivity index (χ1) is 12.5. The standard InChI is InChI=1S/C21H30N2O3/c1-5-21(25,6-2)11-9-16-7-8-18-17(13-16)10-12-23(15-24)19(18)14-20(22-3)26-4/h7-8,13-15,25H,5-6,9-12H2,1-4H3/b19-14-,22-20?. The molecule has 0 unspecified atom stereocenters. The molecule has 1 aromatic carbocycles. The molecule has 0 bridgehead atoms. The molecule has 5 nitrogen and oxygen atoms in total. The molecular weight excluding hydrogens is 328 g/mol. The molecule has 0 saturated heterocycles. The number of benzene rings is 1. The van der Waals surface area contributed by atoms with E-state index in [2.05, 4.69) is 23.2 Å². The molecule has 1 heterocycles. The lowest BCUT2D eigenvalue weighted by Crippen LogP contribution is -2.29. The Morgan fingerprint density at radius 1 is 1.38 bits per heavy atom. The molecule has 0 radical (unpaired) electrons. The van der Waals surface area contributed by atoms with Crippen molar-refractivity contribution in [1.82, 2.24) is 4.90 Å². The molecule has 5 heteroatoms.